The number of benzene rings is 10. The van der Waals surface area contributed by atoms with Crippen LogP contribution in [0.25, 0.3) is 0 Å². The number of anilines is 6. The number of rotatable bonds is 2. The van der Waals surface area contributed by atoms with Crippen LogP contribution in [0.2, 0.25) is 0 Å². The van der Waals surface area contributed by atoms with E-state index in [0.717, 1.165) is 34.4 Å². The van der Waals surface area contributed by atoms with Crippen molar-refractivity contribution in [2.75, 3.05) is 9.80 Å². The van der Waals surface area contributed by atoms with Gasteiger partial charge in [-0.15, -0.1) is 0 Å². The predicted octanol–water partition coefficient (Wildman–Crippen LogP) is 8.80. The average molecular weight is 931 g/mol. The first-order chi connectivity index (χ1) is 34.2. The van der Waals surface area contributed by atoms with Crippen molar-refractivity contribution < 1.29 is 9.47 Å². The Kier molecular flexibility index (Phi) is 7.93. The first-order valence-corrected chi connectivity index (χ1v) is 27.3. The van der Waals surface area contributed by atoms with Gasteiger partial charge in [0.25, 0.3) is 13.4 Å². The number of hydrogen-bond donors (Lipinski definition) is 0. The molecule has 0 N–H and O–H groups in total. The van der Waals surface area contributed by atoms with E-state index < -0.39 is 8.07 Å². The van der Waals surface area contributed by atoms with Gasteiger partial charge in [0, 0.05) is 53.7 Å². The highest BCUT2D eigenvalue weighted by Gasteiger charge is 2.54. The van der Waals surface area contributed by atoms with E-state index in [1.807, 2.05) is 23.5 Å². The van der Waals surface area contributed by atoms with Crippen molar-refractivity contribution in [3.05, 3.63) is 218 Å². The fourth-order valence-electron chi connectivity index (χ4n) is 12.6. The lowest BCUT2D eigenvalue weighted by Crippen LogP contribution is -2.79. The predicted molar refractivity (Wildman–Crippen MR) is 290 cm³/mol. The van der Waals surface area contributed by atoms with E-state index in [-0.39, 0.29) is 13.4 Å². The maximum atomic E-state index is 6.78. The summed E-state index contributed by atoms with van der Waals surface area (Å²) in [6, 6.07) is 81.5. The van der Waals surface area contributed by atoms with Crippen LogP contribution in [0.4, 0.5) is 34.1 Å². The lowest BCUT2D eigenvalue weighted by atomic mass is 9.35. The van der Waals surface area contributed by atoms with E-state index in [1.54, 1.807) is 0 Å². The Labute approximate surface area is 410 Å². The Bertz CT molecular complexity index is 3520. The lowest BCUT2D eigenvalue weighted by Gasteiger charge is -2.50. The summed E-state index contributed by atoms with van der Waals surface area (Å²) in [5.74, 6) is 3.73. The quantitative estimate of drug-likeness (QED) is 0.161. The van der Waals surface area contributed by atoms with Crippen molar-refractivity contribution in [3.8, 4) is 23.0 Å². The molecular weight excluding hydrogens is 895 g/mol. The molecule has 16 rings (SSSR count). The summed E-state index contributed by atoms with van der Waals surface area (Å²) in [4.78, 5) is 10.2. The molecule has 320 valence electrons. The minimum Gasteiger partial charge on any atom is -0.458 e. The maximum Gasteiger partial charge on any atom is 0.253 e. The second-order valence-corrected chi connectivity index (χ2v) is 24.4. The van der Waals surface area contributed by atoms with Gasteiger partial charge >= 0.3 is 0 Å². The van der Waals surface area contributed by atoms with Gasteiger partial charge in [-0.25, -0.2) is 0 Å². The molecule has 0 saturated carbocycles. The van der Waals surface area contributed by atoms with Crippen LogP contribution in [0.3, 0.4) is 0 Å². The third kappa shape index (κ3) is 5.14. The summed E-state index contributed by atoms with van der Waals surface area (Å²) in [5, 5.41) is 5.51. The van der Waals surface area contributed by atoms with E-state index in [4.69, 9.17) is 9.47 Å². The zero-order valence-electron chi connectivity index (χ0n) is 37.0. The molecule has 0 unspecified atom stereocenters. The second-order valence-electron chi connectivity index (χ2n) is 18.6. The molecule has 0 fully saturated rings. The van der Waals surface area contributed by atoms with Crippen LogP contribution in [0.5, 0.6) is 23.0 Å². The molecule has 1 spiro atoms. The molecule has 0 aromatic heterocycles. The maximum absolute atomic E-state index is 6.78. The van der Waals surface area contributed by atoms with Gasteiger partial charge in [-0.1, -0.05) is 156 Å². The van der Waals surface area contributed by atoms with Gasteiger partial charge < -0.3 is 19.3 Å². The average Bonchev–Trinajstić information content (AvgIpc) is 3.40. The molecule has 0 radical (unpaired) electrons. The third-order valence-corrected chi connectivity index (χ3v) is 22.5. The molecule has 0 aliphatic carbocycles. The monoisotopic (exact) mass is 930 g/mol. The van der Waals surface area contributed by atoms with E-state index in [9.17, 15) is 0 Å². The molecular formula is C60H36B2N2O2S2Si. The highest BCUT2D eigenvalue weighted by Crippen LogP contribution is 2.46. The minimum atomic E-state index is -3.02. The highest BCUT2D eigenvalue weighted by molar-refractivity contribution is 8.00. The Morgan fingerprint density at radius 1 is 0.319 bits per heavy atom. The highest BCUT2D eigenvalue weighted by atomic mass is 32.2. The van der Waals surface area contributed by atoms with Crippen molar-refractivity contribution in [1.29, 1.82) is 0 Å². The zero-order valence-corrected chi connectivity index (χ0v) is 39.6. The fourth-order valence-corrected chi connectivity index (χ4v) is 20.4. The molecule has 10 aromatic rings. The summed E-state index contributed by atoms with van der Waals surface area (Å²) in [5.41, 5.74) is 14.7. The number of nitrogens with zero attached hydrogens (tertiary/aromatic N) is 2. The molecule has 0 bridgehead atoms. The van der Waals surface area contributed by atoms with Gasteiger partial charge in [-0.3, -0.25) is 0 Å². The Hall–Kier alpha value is -7.55. The topological polar surface area (TPSA) is 24.9 Å². The summed E-state index contributed by atoms with van der Waals surface area (Å²) < 4.78 is 13.6. The first kappa shape index (κ1) is 38.4. The molecule has 0 amide bonds. The largest absolute Gasteiger partial charge is 0.458 e. The SMILES string of the molecule is c1ccc2c(c1)Sc1cccc3c1B2c1cc(N2c4ccccc4[Si]4(c5ccccc52)c2ccccc2N(c2ccc5c(c2)B2c6ccccc6Sc6cccc(c62)O5)c2ccccc24)ccc1O3. The summed E-state index contributed by atoms with van der Waals surface area (Å²) in [7, 11) is -3.02. The standard InChI is InChI=1S/C60H36B2N2O2S2Si/c1-7-23-51-39(15-1)61-41-35-37(31-33-47(41)65-49-21-13-25-53(67-51)59(49)61)63-43-17-3-9-27-55(43)69(56-28-10-4-18-44(56)63)57-29-11-5-19-45(57)64(46-20-6-12-30-58(46)69)38-32-34-48-42(36-38)62-40-16-2-8-24-52(40)68-54-26-14-22-50(66-48)60(54)62/h1-36H. The van der Waals surface area contributed by atoms with Crippen LogP contribution in [-0.4, -0.2) is 21.5 Å². The molecule has 0 atom stereocenters. The molecule has 4 nitrogen and oxygen atoms in total. The smallest absolute Gasteiger partial charge is 0.253 e. The second kappa shape index (κ2) is 14.2. The third-order valence-electron chi connectivity index (χ3n) is 15.3. The van der Waals surface area contributed by atoms with Gasteiger partial charge in [0.1, 0.15) is 23.0 Å². The van der Waals surface area contributed by atoms with Crippen molar-refractivity contribution in [2.45, 2.75) is 19.6 Å². The van der Waals surface area contributed by atoms with Crippen molar-refractivity contribution >= 4 is 133 Å². The number of fused-ring (bicyclic) bond motifs is 16. The van der Waals surface area contributed by atoms with E-state index >= 15 is 0 Å². The van der Waals surface area contributed by atoms with E-state index in [2.05, 4.69) is 228 Å². The van der Waals surface area contributed by atoms with Crippen LogP contribution in [-0.2, 0) is 0 Å². The number of para-hydroxylation sites is 4. The van der Waals surface area contributed by atoms with Gasteiger partial charge in [0.2, 0.25) is 0 Å². The minimum absolute atomic E-state index is 0.0649. The van der Waals surface area contributed by atoms with Crippen LogP contribution in [0.15, 0.2) is 238 Å². The Morgan fingerprint density at radius 3 is 1.10 bits per heavy atom. The molecule has 6 aliphatic heterocycles. The van der Waals surface area contributed by atoms with E-state index in [1.165, 1.54) is 95.9 Å². The summed E-state index contributed by atoms with van der Waals surface area (Å²) in [6.07, 6.45) is 0. The molecule has 6 heterocycles. The van der Waals surface area contributed by atoms with Crippen LogP contribution >= 0.6 is 23.5 Å². The summed E-state index contributed by atoms with van der Waals surface area (Å²) in [6.45, 7) is 0.130. The van der Waals surface area contributed by atoms with Crippen LogP contribution in [0.1, 0.15) is 0 Å². The molecule has 9 heteroatoms. The summed E-state index contributed by atoms with van der Waals surface area (Å²) >= 11 is 3.69. The van der Waals surface area contributed by atoms with Crippen molar-refractivity contribution in [3.63, 3.8) is 0 Å². The Morgan fingerprint density at radius 2 is 0.681 bits per heavy atom. The molecule has 6 aliphatic rings. The van der Waals surface area contributed by atoms with Gasteiger partial charge in [0.15, 0.2) is 8.07 Å². The zero-order chi connectivity index (χ0) is 45.0. The molecule has 69 heavy (non-hydrogen) atoms. The lowest BCUT2D eigenvalue weighted by molar-refractivity contribution is 0.486. The van der Waals surface area contributed by atoms with Gasteiger partial charge in [-0.05, 0) is 140 Å². The normalized spacial score (nSPS) is 15.1. The first-order valence-electron chi connectivity index (χ1n) is 23.6. The van der Waals surface area contributed by atoms with Gasteiger partial charge in [0.05, 0.1) is 0 Å². The number of hydrogen-bond acceptors (Lipinski definition) is 6. The van der Waals surface area contributed by atoms with Crippen molar-refractivity contribution in [2.24, 2.45) is 0 Å². The van der Waals surface area contributed by atoms with Crippen LogP contribution < -0.4 is 72.8 Å². The Balaban J connectivity index is 0.890. The van der Waals surface area contributed by atoms with E-state index in [0.29, 0.717) is 0 Å². The van der Waals surface area contributed by atoms with Crippen LogP contribution in [0, 0.1) is 0 Å². The number of ether oxygens (including phenoxy) is 2. The van der Waals surface area contributed by atoms with Crippen molar-refractivity contribution in [1.82, 2.24) is 0 Å². The molecule has 10 aromatic carbocycles. The molecule has 0 saturated heterocycles. The van der Waals surface area contributed by atoms with Gasteiger partial charge in [-0.2, -0.15) is 0 Å². The fraction of sp³-hybridized carbons (Fsp3) is 0.